The second kappa shape index (κ2) is 13.1. The molecule has 2 unspecified atom stereocenters. The van der Waals surface area contributed by atoms with Crippen molar-refractivity contribution >= 4 is 18.2 Å². The summed E-state index contributed by atoms with van der Waals surface area (Å²) >= 11 is 0. The third-order valence-electron chi connectivity index (χ3n) is 4.94. The molecule has 0 N–H and O–H groups in total. The van der Waals surface area contributed by atoms with Crippen LogP contribution in [0.2, 0.25) is 0 Å². The average molecular weight is 391 g/mol. The second-order valence-corrected chi connectivity index (χ2v) is 7.19. The van der Waals surface area contributed by atoms with Gasteiger partial charge >= 0.3 is 11.9 Å². The number of carbonyl (C=O) groups excluding carboxylic acids is 3. The molecule has 0 fully saturated rings. The number of aldehydes is 1. The molecule has 0 saturated carbocycles. The first-order chi connectivity index (χ1) is 13.5. The minimum atomic E-state index is -0.314. The van der Waals surface area contributed by atoms with Gasteiger partial charge in [-0.2, -0.15) is 0 Å². The van der Waals surface area contributed by atoms with Crippen LogP contribution in [-0.4, -0.2) is 18.2 Å². The zero-order valence-corrected chi connectivity index (χ0v) is 17.7. The predicted molar refractivity (Wildman–Crippen MR) is 110 cm³/mol. The zero-order chi connectivity index (χ0) is 20.9. The zero-order valence-electron chi connectivity index (χ0n) is 17.7. The third-order valence-corrected chi connectivity index (χ3v) is 4.94. The molecule has 0 heterocycles. The Morgan fingerprint density at radius 3 is 1.57 bits per heavy atom. The maximum absolute atomic E-state index is 12.4. The summed E-state index contributed by atoms with van der Waals surface area (Å²) in [5, 5.41) is 0. The van der Waals surface area contributed by atoms with Crippen LogP contribution in [-0.2, 0) is 9.59 Å². The number of carbonyl (C=O) groups is 3. The summed E-state index contributed by atoms with van der Waals surface area (Å²) in [5.41, 5.74) is 0.302. The van der Waals surface area contributed by atoms with Crippen LogP contribution in [0.5, 0.6) is 11.5 Å². The van der Waals surface area contributed by atoms with Gasteiger partial charge in [-0.15, -0.1) is 0 Å². The second-order valence-electron chi connectivity index (χ2n) is 7.19. The van der Waals surface area contributed by atoms with E-state index in [2.05, 4.69) is 13.8 Å². The SMILES string of the molecule is CCCCC(CC)C(=O)Oc1cc(C=O)cc(OC(=O)C(CC)CCCC)c1. The van der Waals surface area contributed by atoms with E-state index in [1.165, 1.54) is 18.2 Å². The Bertz CT molecular complexity index is 590. The number of esters is 2. The summed E-state index contributed by atoms with van der Waals surface area (Å²) in [6, 6.07) is 4.48. The van der Waals surface area contributed by atoms with E-state index in [0.717, 1.165) is 38.5 Å². The summed E-state index contributed by atoms with van der Waals surface area (Å²) < 4.78 is 11.0. The molecular weight excluding hydrogens is 356 g/mol. The van der Waals surface area contributed by atoms with Crippen molar-refractivity contribution in [2.75, 3.05) is 0 Å². The van der Waals surface area contributed by atoms with Gasteiger partial charge in [0.15, 0.2) is 0 Å². The van der Waals surface area contributed by atoms with Gasteiger partial charge in [0, 0.05) is 11.6 Å². The van der Waals surface area contributed by atoms with E-state index in [1.54, 1.807) is 0 Å². The van der Waals surface area contributed by atoms with Gasteiger partial charge in [0.25, 0.3) is 0 Å². The topological polar surface area (TPSA) is 69.7 Å². The van der Waals surface area contributed by atoms with Crippen LogP contribution in [0.15, 0.2) is 18.2 Å². The van der Waals surface area contributed by atoms with Gasteiger partial charge in [-0.25, -0.2) is 0 Å². The molecule has 0 aromatic heterocycles. The van der Waals surface area contributed by atoms with Crippen molar-refractivity contribution < 1.29 is 23.9 Å². The van der Waals surface area contributed by atoms with Crippen LogP contribution in [0.4, 0.5) is 0 Å². The Labute approximate surface area is 168 Å². The van der Waals surface area contributed by atoms with Crippen LogP contribution < -0.4 is 9.47 Å². The summed E-state index contributed by atoms with van der Waals surface area (Å²) in [7, 11) is 0. The van der Waals surface area contributed by atoms with Gasteiger partial charge in [0.2, 0.25) is 0 Å². The van der Waals surface area contributed by atoms with Crippen molar-refractivity contribution in [2.24, 2.45) is 11.8 Å². The standard InChI is InChI=1S/C23H34O5/c1-5-9-11-18(7-3)22(25)27-20-13-17(16-24)14-21(15-20)28-23(26)19(8-4)12-10-6-2/h13-16,18-19H,5-12H2,1-4H3. The predicted octanol–water partition coefficient (Wildman–Crippen LogP) is 5.74. The van der Waals surface area contributed by atoms with Crippen molar-refractivity contribution in [1.82, 2.24) is 0 Å². The van der Waals surface area contributed by atoms with Crippen molar-refractivity contribution in [1.29, 1.82) is 0 Å². The number of rotatable bonds is 13. The van der Waals surface area contributed by atoms with E-state index >= 15 is 0 Å². The monoisotopic (exact) mass is 390 g/mol. The van der Waals surface area contributed by atoms with E-state index in [-0.39, 0.29) is 35.3 Å². The van der Waals surface area contributed by atoms with Crippen molar-refractivity contribution in [3.05, 3.63) is 23.8 Å². The molecule has 0 amide bonds. The van der Waals surface area contributed by atoms with Crippen LogP contribution in [0.25, 0.3) is 0 Å². The molecule has 1 aromatic carbocycles. The molecule has 28 heavy (non-hydrogen) atoms. The van der Waals surface area contributed by atoms with E-state index < -0.39 is 0 Å². The molecule has 0 bridgehead atoms. The van der Waals surface area contributed by atoms with Gasteiger partial charge in [0.05, 0.1) is 11.8 Å². The smallest absolute Gasteiger partial charge is 0.314 e. The summed E-state index contributed by atoms with van der Waals surface area (Å²) in [6.07, 6.45) is 7.54. The fourth-order valence-corrected chi connectivity index (χ4v) is 3.06. The van der Waals surface area contributed by atoms with Crippen molar-refractivity contribution in [2.45, 2.75) is 79.1 Å². The number of ether oxygens (including phenoxy) is 2. The molecule has 0 radical (unpaired) electrons. The molecule has 0 spiro atoms. The van der Waals surface area contributed by atoms with Gasteiger partial charge in [-0.1, -0.05) is 53.4 Å². The van der Waals surface area contributed by atoms with Crippen molar-refractivity contribution in [3.63, 3.8) is 0 Å². The van der Waals surface area contributed by atoms with Crippen LogP contribution >= 0.6 is 0 Å². The molecule has 0 aliphatic carbocycles. The highest BCUT2D eigenvalue weighted by Gasteiger charge is 2.21. The van der Waals surface area contributed by atoms with E-state index in [1.807, 2.05) is 13.8 Å². The van der Waals surface area contributed by atoms with E-state index in [4.69, 9.17) is 9.47 Å². The summed E-state index contributed by atoms with van der Waals surface area (Å²) in [4.78, 5) is 36.1. The molecule has 1 rings (SSSR count). The normalized spacial score (nSPS) is 12.9. The van der Waals surface area contributed by atoms with Gasteiger partial charge in [-0.3, -0.25) is 14.4 Å². The lowest BCUT2D eigenvalue weighted by molar-refractivity contribution is -0.139. The summed E-state index contributed by atoms with van der Waals surface area (Å²) in [6.45, 7) is 8.07. The minimum Gasteiger partial charge on any atom is -0.426 e. The number of hydrogen-bond donors (Lipinski definition) is 0. The highest BCUT2D eigenvalue weighted by molar-refractivity contribution is 5.80. The molecule has 1 aromatic rings. The van der Waals surface area contributed by atoms with Gasteiger partial charge in [-0.05, 0) is 37.8 Å². The molecule has 156 valence electrons. The lowest BCUT2D eigenvalue weighted by atomic mass is 9.99. The maximum Gasteiger partial charge on any atom is 0.314 e. The van der Waals surface area contributed by atoms with Crippen LogP contribution in [0.1, 0.15) is 89.4 Å². The van der Waals surface area contributed by atoms with Gasteiger partial charge < -0.3 is 9.47 Å². The molecule has 2 atom stereocenters. The fraction of sp³-hybridized carbons (Fsp3) is 0.609. The number of benzene rings is 1. The molecule has 5 nitrogen and oxygen atoms in total. The quantitative estimate of drug-likeness (QED) is 0.244. The van der Waals surface area contributed by atoms with E-state index in [0.29, 0.717) is 24.7 Å². The average Bonchev–Trinajstić information content (AvgIpc) is 2.68. The maximum atomic E-state index is 12.4. The first-order valence-corrected chi connectivity index (χ1v) is 10.5. The van der Waals surface area contributed by atoms with Crippen LogP contribution in [0.3, 0.4) is 0 Å². The number of unbranched alkanes of at least 4 members (excludes halogenated alkanes) is 2. The minimum absolute atomic E-state index is 0.177. The lowest BCUT2D eigenvalue weighted by Gasteiger charge is -2.16. The molecule has 0 aliphatic heterocycles. The van der Waals surface area contributed by atoms with Crippen molar-refractivity contribution in [3.8, 4) is 11.5 Å². The molecule has 5 heteroatoms. The largest absolute Gasteiger partial charge is 0.426 e. The fourth-order valence-electron chi connectivity index (χ4n) is 3.06. The Hall–Kier alpha value is -2.17. The lowest BCUT2D eigenvalue weighted by Crippen LogP contribution is -2.21. The molecule has 0 aliphatic rings. The highest BCUT2D eigenvalue weighted by Crippen LogP contribution is 2.26. The number of hydrogen-bond acceptors (Lipinski definition) is 5. The first-order valence-electron chi connectivity index (χ1n) is 10.5. The molecular formula is C23H34O5. The Kier molecular flexibility index (Phi) is 11.2. The Morgan fingerprint density at radius 2 is 1.25 bits per heavy atom. The first kappa shape index (κ1) is 23.9. The Balaban J connectivity index is 2.91. The third kappa shape index (κ3) is 7.83. The van der Waals surface area contributed by atoms with E-state index in [9.17, 15) is 14.4 Å². The van der Waals surface area contributed by atoms with Gasteiger partial charge in [0.1, 0.15) is 17.8 Å². The van der Waals surface area contributed by atoms with Crippen LogP contribution in [0, 0.1) is 11.8 Å². The highest BCUT2D eigenvalue weighted by atomic mass is 16.5. The molecule has 0 saturated heterocycles. The Morgan fingerprint density at radius 1 is 0.821 bits per heavy atom. The summed E-state index contributed by atoms with van der Waals surface area (Å²) in [5.74, 6) is -0.520.